The van der Waals surface area contributed by atoms with Crippen molar-refractivity contribution in [2.75, 3.05) is 40.4 Å². The molecular formula is C30H39N3O6S. The highest BCUT2D eigenvalue weighted by Crippen LogP contribution is 2.32. The number of nitrogens with zero attached hydrogens (tertiary/aromatic N) is 3. The fourth-order valence-electron chi connectivity index (χ4n) is 4.48. The molecule has 0 spiro atoms. The summed E-state index contributed by atoms with van der Waals surface area (Å²) in [6.45, 7) is 5.02. The number of hydrogen-bond donors (Lipinski definition) is 2. The van der Waals surface area contributed by atoms with Crippen LogP contribution in [0.15, 0.2) is 65.7 Å². The number of methoxy groups -OCH3 is 1. The Hall–Kier alpha value is -3.34. The van der Waals surface area contributed by atoms with Crippen LogP contribution >= 0.6 is 11.8 Å². The SMILES string of the molecule is COc1ccc(COCCCCN2CCC(N(C)C3=Nc4ccccc4CS3)CC2)cc1.O=C(O)C=CC(=O)O. The Kier molecular flexibility index (Phi) is 13.0. The van der Waals surface area contributed by atoms with Gasteiger partial charge in [0.2, 0.25) is 0 Å². The minimum Gasteiger partial charge on any atom is -0.497 e. The molecule has 0 aliphatic carbocycles. The van der Waals surface area contributed by atoms with Crippen LogP contribution in [0.4, 0.5) is 5.69 Å². The Labute approximate surface area is 240 Å². The molecule has 0 atom stereocenters. The highest BCUT2D eigenvalue weighted by Gasteiger charge is 2.26. The summed E-state index contributed by atoms with van der Waals surface area (Å²) < 4.78 is 11.0. The van der Waals surface area contributed by atoms with Crippen LogP contribution in [-0.4, -0.2) is 83.6 Å². The van der Waals surface area contributed by atoms with Gasteiger partial charge in [0.15, 0.2) is 5.17 Å². The molecule has 40 heavy (non-hydrogen) atoms. The van der Waals surface area contributed by atoms with E-state index < -0.39 is 11.9 Å². The summed E-state index contributed by atoms with van der Waals surface area (Å²) >= 11 is 1.87. The second kappa shape index (κ2) is 16.7. The maximum absolute atomic E-state index is 9.55. The van der Waals surface area contributed by atoms with Crippen molar-refractivity contribution >= 4 is 34.6 Å². The third-order valence-corrected chi connectivity index (χ3v) is 7.87. The molecule has 2 N–H and O–H groups in total. The number of ether oxygens (including phenoxy) is 2. The molecule has 0 aromatic heterocycles. The zero-order valence-corrected chi connectivity index (χ0v) is 24.0. The zero-order valence-electron chi connectivity index (χ0n) is 23.2. The number of piperidine rings is 1. The number of aliphatic imine (C=N–C) groups is 1. The number of aliphatic carboxylic acids is 2. The van der Waals surface area contributed by atoms with Crippen LogP contribution < -0.4 is 4.74 Å². The van der Waals surface area contributed by atoms with Gasteiger partial charge in [-0.1, -0.05) is 42.1 Å². The molecule has 0 saturated carbocycles. The van der Waals surface area contributed by atoms with Crippen molar-refractivity contribution in [1.82, 2.24) is 9.80 Å². The van der Waals surface area contributed by atoms with Crippen molar-refractivity contribution in [3.05, 3.63) is 71.8 Å². The van der Waals surface area contributed by atoms with Crippen LogP contribution in [0.5, 0.6) is 5.75 Å². The number of likely N-dealkylation sites (tertiary alicyclic amines) is 1. The summed E-state index contributed by atoms with van der Waals surface area (Å²) in [6.07, 6.45) is 5.85. The fraction of sp³-hybridized carbons (Fsp3) is 0.433. The molecule has 9 nitrogen and oxygen atoms in total. The second-order valence-electron chi connectivity index (χ2n) is 9.61. The number of amidine groups is 1. The van der Waals surface area contributed by atoms with Crippen molar-refractivity contribution in [3.63, 3.8) is 0 Å². The van der Waals surface area contributed by atoms with E-state index in [1.165, 1.54) is 55.2 Å². The van der Waals surface area contributed by atoms with E-state index in [1.54, 1.807) is 7.11 Å². The summed E-state index contributed by atoms with van der Waals surface area (Å²) in [5.41, 5.74) is 3.68. The van der Waals surface area contributed by atoms with E-state index in [9.17, 15) is 9.59 Å². The van der Waals surface area contributed by atoms with E-state index in [1.807, 2.05) is 23.9 Å². The summed E-state index contributed by atoms with van der Waals surface area (Å²) in [7, 11) is 3.91. The number of hydrogen-bond acceptors (Lipinski definition) is 8. The number of thioether (sulfide) groups is 1. The number of carbonyl (C=O) groups is 2. The lowest BCUT2D eigenvalue weighted by Gasteiger charge is -2.38. The lowest BCUT2D eigenvalue weighted by molar-refractivity contribution is -0.134. The second-order valence-corrected chi connectivity index (χ2v) is 10.6. The van der Waals surface area contributed by atoms with E-state index >= 15 is 0 Å². The van der Waals surface area contributed by atoms with E-state index in [0.29, 0.717) is 24.8 Å². The Morgan fingerprint density at radius 1 is 1.05 bits per heavy atom. The van der Waals surface area contributed by atoms with Crippen LogP contribution in [-0.2, 0) is 26.7 Å². The van der Waals surface area contributed by atoms with Gasteiger partial charge in [0.05, 0.1) is 19.4 Å². The summed E-state index contributed by atoms with van der Waals surface area (Å²) in [6, 6.07) is 17.2. The molecule has 2 heterocycles. The van der Waals surface area contributed by atoms with Gasteiger partial charge < -0.3 is 29.5 Å². The molecule has 0 unspecified atom stereocenters. The molecule has 0 amide bonds. The number of carboxylic acid groups (broad SMARTS) is 2. The molecule has 1 saturated heterocycles. The minimum absolute atomic E-state index is 0.558. The first-order chi connectivity index (χ1) is 19.4. The molecule has 1 fully saturated rings. The van der Waals surface area contributed by atoms with Gasteiger partial charge in [-0.15, -0.1) is 0 Å². The maximum Gasteiger partial charge on any atom is 0.328 e. The number of rotatable bonds is 11. The van der Waals surface area contributed by atoms with Crippen molar-refractivity contribution in [3.8, 4) is 5.75 Å². The molecule has 216 valence electrons. The molecule has 2 aromatic carbocycles. The van der Waals surface area contributed by atoms with Gasteiger partial charge in [0, 0.05) is 50.7 Å². The van der Waals surface area contributed by atoms with Crippen LogP contribution in [0.3, 0.4) is 0 Å². The largest absolute Gasteiger partial charge is 0.497 e. The van der Waals surface area contributed by atoms with Crippen LogP contribution in [0.2, 0.25) is 0 Å². The van der Waals surface area contributed by atoms with Gasteiger partial charge in [-0.25, -0.2) is 14.6 Å². The van der Waals surface area contributed by atoms with Crippen molar-refractivity contribution in [2.24, 2.45) is 4.99 Å². The van der Waals surface area contributed by atoms with Gasteiger partial charge in [0.25, 0.3) is 0 Å². The lowest BCUT2D eigenvalue weighted by Crippen LogP contribution is -2.45. The molecule has 2 aliphatic heterocycles. The Bertz CT molecular complexity index is 1130. The first-order valence-electron chi connectivity index (χ1n) is 13.4. The molecular weight excluding hydrogens is 530 g/mol. The molecule has 0 bridgehead atoms. The topological polar surface area (TPSA) is 112 Å². The van der Waals surface area contributed by atoms with Gasteiger partial charge in [-0.2, -0.15) is 0 Å². The number of unbranched alkanes of at least 4 members (excludes halogenated alkanes) is 1. The molecule has 2 aliphatic rings. The van der Waals surface area contributed by atoms with E-state index in [2.05, 4.69) is 53.2 Å². The Morgan fingerprint density at radius 3 is 2.38 bits per heavy atom. The molecule has 2 aromatic rings. The van der Waals surface area contributed by atoms with Crippen molar-refractivity contribution in [1.29, 1.82) is 0 Å². The monoisotopic (exact) mass is 569 g/mol. The lowest BCUT2D eigenvalue weighted by atomic mass is 10.0. The maximum atomic E-state index is 9.55. The van der Waals surface area contributed by atoms with E-state index in [0.717, 1.165) is 30.2 Å². The number of fused-ring (bicyclic) bond motifs is 1. The zero-order chi connectivity index (χ0) is 28.7. The minimum atomic E-state index is -1.26. The third kappa shape index (κ3) is 10.7. The fourth-order valence-corrected chi connectivity index (χ4v) is 5.52. The Morgan fingerprint density at radius 2 is 1.73 bits per heavy atom. The van der Waals surface area contributed by atoms with Crippen molar-refractivity contribution < 1.29 is 29.3 Å². The predicted octanol–water partition coefficient (Wildman–Crippen LogP) is 5.03. The summed E-state index contributed by atoms with van der Waals surface area (Å²) in [5, 5.41) is 16.8. The smallest absolute Gasteiger partial charge is 0.328 e. The number of para-hydroxylation sites is 1. The van der Waals surface area contributed by atoms with Gasteiger partial charge in [-0.05, 0) is 61.6 Å². The highest BCUT2D eigenvalue weighted by atomic mass is 32.2. The number of benzene rings is 2. The van der Waals surface area contributed by atoms with Crippen LogP contribution in [0.25, 0.3) is 0 Å². The Balaban J connectivity index is 0.000000482. The van der Waals surface area contributed by atoms with Gasteiger partial charge in [-0.3, -0.25) is 0 Å². The quantitative estimate of drug-likeness (QED) is 0.284. The average molecular weight is 570 g/mol. The van der Waals surface area contributed by atoms with Crippen LogP contribution in [0, 0.1) is 0 Å². The van der Waals surface area contributed by atoms with Gasteiger partial charge >= 0.3 is 11.9 Å². The van der Waals surface area contributed by atoms with Crippen molar-refractivity contribution in [2.45, 2.75) is 44.1 Å². The summed E-state index contributed by atoms with van der Waals surface area (Å²) in [5.74, 6) is -0.599. The first kappa shape index (κ1) is 31.2. The normalized spacial score (nSPS) is 15.5. The highest BCUT2D eigenvalue weighted by molar-refractivity contribution is 8.13. The molecule has 0 radical (unpaired) electrons. The van der Waals surface area contributed by atoms with E-state index in [4.69, 9.17) is 24.7 Å². The van der Waals surface area contributed by atoms with Crippen LogP contribution in [0.1, 0.15) is 36.8 Å². The predicted molar refractivity (Wildman–Crippen MR) is 158 cm³/mol. The third-order valence-electron chi connectivity index (χ3n) is 6.78. The van der Waals surface area contributed by atoms with Gasteiger partial charge in [0.1, 0.15) is 5.75 Å². The molecule has 10 heteroatoms. The summed E-state index contributed by atoms with van der Waals surface area (Å²) in [4.78, 5) is 29.1. The van der Waals surface area contributed by atoms with E-state index in [-0.39, 0.29) is 0 Å². The molecule has 4 rings (SSSR count). The standard InChI is InChI=1S/C26H35N3O2S.C4H4O4/c1-28(26-27-25-8-4-3-7-22(25)20-32-26)23-13-16-29(17-14-23)15-5-6-18-31-19-21-9-11-24(30-2)12-10-21;5-3(6)1-2-4(7)8/h3-4,7-12,23H,5-6,13-20H2,1-2H3;1-2H,(H,5,6)(H,7,8). The number of carboxylic acids is 2. The first-order valence-corrected chi connectivity index (χ1v) is 14.4. The average Bonchev–Trinajstić information content (AvgIpc) is 2.98.